The fourth-order valence-corrected chi connectivity index (χ4v) is 4.67. The quantitative estimate of drug-likeness (QED) is 0.884. The maximum Gasteiger partial charge on any atom is 0.0836 e. The zero-order valence-corrected chi connectivity index (χ0v) is 13.6. The molecular weight excluding hydrogens is 258 g/mol. The second-order valence-electron chi connectivity index (χ2n) is 7.15. The van der Waals surface area contributed by atoms with E-state index in [0.29, 0.717) is 12.0 Å². The van der Waals surface area contributed by atoms with Gasteiger partial charge in [0, 0.05) is 13.2 Å². The van der Waals surface area contributed by atoms with E-state index in [-0.39, 0.29) is 5.60 Å². The zero-order valence-electron chi connectivity index (χ0n) is 13.6. The van der Waals surface area contributed by atoms with Crippen molar-refractivity contribution in [2.45, 2.75) is 56.6 Å². The Labute approximate surface area is 129 Å². The predicted molar refractivity (Wildman–Crippen MR) is 87.5 cm³/mol. The molecule has 21 heavy (non-hydrogen) atoms. The lowest BCUT2D eigenvalue weighted by Gasteiger charge is -2.45. The lowest BCUT2D eigenvalue weighted by molar-refractivity contribution is -0.0830. The minimum Gasteiger partial charge on any atom is -0.377 e. The molecule has 0 aromatic heterocycles. The van der Waals surface area contributed by atoms with Gasteiger partial charge in [0.1, 0.15) is 0 Å². The van der Waals surface area contributed by atoms with Crippen LogP contribution in [0.1, 0.15) is 50.5 Å². The van der Waals surface area contributed by atoms with Crippen molar-refractivity contribution in [3.8, 4) is 0 Å². The van der Waals surface area contributed by atoms with Crippen molar-refractivity contribution >= 4 is 0 Å². The standard InChI is InChI=1S/C19H29NO/c1-14-8-7-11-19(13-14,21-3)18(20-2)17-12-16(17)15-9-5-4-6-10-15/h4-6,9-10,14,16-18,20H,7-8,11-13H2,1-3H3. The third-order valence-corrected chi connectivity index (χ3v) is 5.77. The van der Waals surface area contributed by atoms with E-state index in [4.69, 9.17) is 4.74 Å². The Morgan fingerprint density at radius 3 is 2.67 bits per heavy atom. The van der Waals surface area contributed by atoms with Gasteiger partial charge >= 0.3 is 0 Å². The first-order chi connectivity index (χ1) is 10.2. The van der Waals surface area contributed by atoms with Crippen molar-refractivity contribution in [3.63, 3.8) is 0 Å². The van der Waals surface area contributed by atoms with Gasteiger partial charge in [-0.2, -0.15) is 0 Å². The minimum atomic E-state index is 0.0423. The van der Waals surface area contributed by atoms with Crippen molar-refractivity contribution in [1.82, 2.24) is 5.32 Å². The molecular formula is C19H29NO. The Balaban J connectivity index is 1.76. The number of hydrogen-bond donors (Lipinski definition) is 1. The molecule has 2 nitrogen and oxygen atoms in total. The van der Waals surface area contributed by atoms with Crippen LogP contribution in [0.3, 0.4) is 0 Å². The van der Waals surface area contributed by atoms with Gasteiger partial charge in [-0.15, -0.1) is 0 Å². The first kappa shape index (κ1) is 15.1. The lowest BCUT2D eigenvalue weighted by atomic mass is 9.73. The topological polar surface area (TPSA) is 21.3 Å². The molecule has 5 unspecified atom stereocenters. The highest BCUT2D eigenvalue weighted by molar-refractivity contribution is 5.27. The zero-order chi connectivity index (χ0) is 14.9. The summed E-state index contributed by atoms with van der Waals surface area (Å²) in [6.45, 7) is 2.38. The van der Waals surface area contributed by atoms with Crippen LogP contribution >= 0.6 is 0 Å². The monoisotopic (exact) mass is 287 g/mol. The number of rotatable bonds is 5. The van der Waals surface area contributed by atoms with Crippen molar-refractivity contribution in [1.29, 1.82) is 0 Å². The van der Waals surface area contributed by atoms with Gasteiger partial charge in [-0.3, -0.25) is 0 Å². The van der Waals surface area contributed by atoms with Crippen LogP contribution in [-0.4, -0.2) is 25.8 Å². The average molecular weight is 287 g/mol. The smallest absolute Gasteiger partial charge is 0.0836 e. The molecule has 1 N–H and O–H groups in total. The molecule has 0 spiro atoms. The third kappa shape index (κ3) is 2.89. The molecule has 0 amide bonds. The fourth-order valence-electron chi connectivity index (χ4n) is 4.67. The van der Waals surface area contributed by atoms with Gasteiger partial charge in [0.15, 0.2) is 0 Å². The largest absolute Gasteiger partial charge is 0.377 e. The van der Waals surface area contributed by atoms with E-state index in [9.17, 15) is 0 Å². The highest BCUT2D eigenvalue weighted by atomic mass is 16.5. The molecule has 1 aromatic rings. The Morgan fingerprint density at radius 2 is 2.05 bits per heavy atom. The van der Waals surface area contributed by atoms with E-state index >= 15 is 0 Å². The maximum atomic E-state index is 6.13. The molecule has 2 aliphatic carbocycles. The highest BCUT2D eigenvalue weighted by Gasteiger charge is 2.53. The maximum absolute atomic E-state index is 6.13. The normalized spacial score (nSPS) is 37.2. The Bertz CT molecular complexity index is 460. The van der Waals surface area contributed by atoms with Crippen molar-refractivity contribution in [2.75, 3.05) is 14.2 Å². The summed E-state index contributed by atoms with van der Waals surface area (Å²) in [5.74, 6) is 2.22. The first-order valence-electron chi connectivity index (χ1n) is 8.47. The van der Waals surface area contributed by atoms with Crippen molar-refractivity contribution < 1.29 is 4.74 Å². The molecule has 0 radical (unpaired) electrons. The Kier molecular flexibility index (Phi) is 4.37. The van der Waals surface area contributed by atoms with Crippen LogP contribution < -0.4 is 5.32 Å². The molecule has 2 fully saturated rings. The van der Waals surface area contributed by atoms with Crippen LogP contribution in [0.4, 0.5) is 0 Å². The van der Waals surface area contributed by atoms with Crippen molar-refractivity contribution in [2.24, 2.45) is 11.8 Å². The van der Waals surface area contributed by atoms with Gasteiger partial charge in [-0.25, -0.2) is 0 Å². The van der Waals surface area contributed by atoms with Gasteiger partial charge in [-0.05, 0) is 49.6 Å². The highest BCUT2D eigenvalue weighted by Crippen LogP contribution is 2.54. The Morgan fingerprint density at radius 1 is 1.29 bits per heavy atom. The van der Waals surface area contributed by atoms with Gasteiger partial charge < -0.3 is 10.1 Å². The second-order valence-corrected chi connectivity index (χ2v) is 7.15. The molecule has 5 atom stereocenters. The van der Waals surface area contributed by atoms with Crippen LogP contribution in [-0.2, 0) is 4.74 Å². The second kappa shape index (κ2) is 6.10. The molecule has 2 saturated carbocycles. The molecule has 2 heteroatoms. The summed E-state index contributed by atoms with van der Waals surface area (Å²) in [7, 11) is 4.04. The van der Waals surface area contributed by atoms with E-state index in [0.717, 1.165) is 11.8 Å². The van der Waals surface area contributed by atoms with Crippen LogP contribution in [0.15, 0.2) is 30.3 Å². The predicted octanol–water partition coefficient (Wildman–Crippen LogP) is 3.97. The molecule has 0 saturated heterocycles. The first-order valence-corrected chi connectivity index (χ1v) is 8.47. The molecule has 1 aromatic carbocycles. The van der Waals surface area contributed by atoms with Crippen LogP contribution in [0.5, 0.6) is 0 Å². The summed E-state index contributed by atoms with van der Waals surface area (Å²) in [6, 6.07) is 11.5. The van der Waals surface area contributed by atoms with E-state index in [2.05, 4.69) is 49.6 Å². The lowest BCUT2D eigenvalue weighted by Crippen LogP contribution is -2.54. The van der Waals surface area contributed by atoms with E-state index in [1.54, 1.807) is 0 Å². The van der Waals surface area contributed by atoms with Crippen molar-refractivity contribution in [3.05, 3.63) is 35.9 Å². The summed E-state index contributed by atoms with van der Waals surface area (Å²) in [5, 5.41) is 3.62. The summed E-state index contributed by atoms with van der Waals surface area (Å²) < 4.78 is 6.13. The number of benzene rings is 1. The molecule has 116 valence electrons. The van der Waals surface area contributed by atoms with Gasteiger partial charge in [0.05, 0.1) is 5.60 Å². The van der Waals surface area contributed by atoms with Crippen LogP contribution in [0.25, 0.3) is 0 Å². The number of hydrogen-bond acceptors (Lipinski definition) is 2. The van der Waals surface area contributed by atoms with Crippen LogP contribution in [0.2, 0.25) is 0 Å². The van der Waals surface area contributed by atoms with Gasteiger partial charge in [0.2, 0.25) is 0 Å². The third-order valence-electron chi connectivity index (χ3n) is 5.77. The van der Waals surface area contributed by atoms with E-state index < -0.39 is 0 Å². The number of likely N-dealkylation sites (N-methyl/N-ethyl adjacent to an activating group) is 1. The number of methoxy groups -OCH3 is 1. The molecule has 0 aliphatic heterocycles. The molecule has 3 rings (SSSR count). The van der Waals surface area contributed by atoms with Gasteiger partial charge in [-0.1, -0.05) is 50.1 Å². The van der Waals surface area contributed by atoms with E-state index in [1.165, 1.54) is 37.7 Å². The molecule has 2 aliphatic rings. The summed E-state index contributed by atoms with van der Waals surface area (Å²) in [5.41, 5.74) is 1.54. The SMILES string of the molecule is CNC(C1CC1c1ccccc1)C1(OC)CCCC(C)C1. The summed E-state index contributed by atoms with van der Waals surface area (Å²) >= 11 is 0. The summed E-state index contributed by atoms with van der Waals surface area (Å²) in [4.78, 5) is 0. The average Bonchev–Trinajstić information content (AvgIpc) is 3.29. The Hall–Kier alpha value is -0.860. The molecule has 0 bridgehead atoms. The molecule has 0 heterocycles. The minimum absolute atomic E-state index is 0.0423. The summed E-state index contributed by atoms with van der Waals surface area (Å²) in [6.07, 6.45) is 6.36. The van der Waals surface area contributed by atoms with E-state index in [1.807, 2.05) is 7.11 Å². The number of nitrogens with one attached hydrogen (secondary N) is 1. The fraction of sp³-hybridized carbons (Fsp3) is 0.684. The van der Waals surface area contributed by atoms with Gasteiger partial charge in [0.25, 0.3) is 0 Å². The number of ether oxygens (including phenoxy) is 1. The van der Waals surface area contributed by atoms with Crippen LogP contribution in [0, 0.1) is 11.8 Å².